The molecule has 3 heterocycles. The molecule has 7 nitrogen and oxygen atoms in total. The average Bonchev–Trinajstić information content (AvgIpc) is 3.31. The third-order valence-electron chi connectivity index (χ3n) is 4.45. The molecule has 0 N–H and O–H groups in total. The predicted molar refractivity (Wildman–Crippen MR) is 104 cm³/mol. The first kappa shape index (κ1) is 17.0. The Labute approximate surface area is 158 Å². The molecule has 0 fully saturated rings. The van der Waals surface area contributed by atoms with Gasteiger partial charge in [-0.3, -0.25) is 9.55 Å². The van der Waals surface area contributed by atoms with E-state index in [0.717, 1.165) is 29.8 Å². The van der Waals surface area contributed by atoms with E-state index < -0.39 is 0 Å². The Balaban J connectivity index is 1.53. The molecule has 4 rings (SSSR count). The van der Waals surface area contributed by atoms with Crippen LogP contribution in [-0.4, -0.2) is 36.1 Å². The normalized spacial score (nSPS) is 10.9. The molecule has 0 radical (unpaired) electrons. The standard InChI is InChI=1S/C20H21N7/c1-16-22-9-11-27(16)19-13-21-12-18(24-19)25(2)15-20-23-8-10-26(20)14-17-6-4-3-5-7-17/h3-13H,14-15H2,1-2H3. The third kappa shape index (κ3) is 3.72. The van der Waals surface area contributed by atoms with Gasteiger partial charge in [0.15, 0.2) is 5.82 Å². The summed E-state index contributed by atoms with van der Waals surface area (Å²) in [5, 5.41) is 0. The minimum atomic E-state index is 0.640. The number of aromatic nitrogens is 6. The highest BCUT2D eigenvalue weighted by molar-refractivity contribution is 5.39. The molecule has 0 aliphatic heterocycles. The first-order valence-electron chi connectivity index (χ1n) is 8.78. The number of rotatable bonds is 6. The van der Waals surface area contributed by atoms with Crippen LogP contribution in [0.3, 0.4) is 0 Å². The highest BCUT2D eigenvalue weighted by atomic mass is 15.2. The lowest BCUT2D eigenvalue weighted by Gasteiger charge is -2.19. The molecule has 0 unspecified atom stereocenters. The first-order valence-corrected chi connectivity index (χ1v) is 8.78. The molecule has 0 amide bonds. The van der Waals surface area contributed by atoms with E-state index >= 15 is 0 Å². The highest BCUT2D eigenvalue weighted by Crippen LogP contribution is 2.15. The van der Waals surface area contributed by atoms with Crippen molar-refractivity contribution in [3.8, 4) is 5.82 Å². The van der Waals surface area contributed by atoms with E-state index in [1.165, 1.54) is 5.56 Å². The van der Waals surface area contributed by atoms with Gasteiger partial charge >= 0.3 is 0 Å². The van der Waals surface area contributed by atoms with Crippen molar-refractivity contribution in [2.45, 2.75) is 20.0 Å². The van der Waals surface area contributed by atoms with Gasteiger partial charge in [0, 0.05) is 38.4 Å². The second-order valence-electron chi connectivity index (χ2n) is 6.39. The van der Waals surface area contributed by atoms with Gasteiger partial charge in [-0.1, -0.05) is 30.3 Å². The summed E-state index contributed by atoms with van der Waals surface area (Å²) in [7, 11) is 2.00. The smallest absolute Gasteiger partial charge is 0.159 e. The zero-order valence-electron chi connectivity index (χ0n) is 15.4. The number of benzene rings is 1. The average molecular weight is 359 g/mol. The lowest BCUT2D eigenvalue weighted by atomic mass is 10.2. The molecule has 0 bridgehead atoms. The Hall–Kier alpha value is -3.48. The number of hydrogen-bond donors (Lipinski definition) is 0. The fourth-order valence-corrected chi connectivity index (χ4v) is 2.97. The number of imidazole rings is 2. The first-order chi connectivity index (χ1) is 13.2. The number of aryl methyl sites for hydroxylation is 1. The van der Waals surface area contributed by atoms with Gasteiger partial charge < -0.3 is 9.47 Å². The maximum Gasteiger partial charge on any atom is 0.159 e. The zero-order valence-corrected chi connectivity index (χ0v) is 15.4. The van der Waals surface area contributed by atoms with E-state index in [9.17, 15) is 0 Å². The Bertz CT molecular complexity index is 1020. The van der Waals surface area contributed by atoms with E-state index in [2.05, 4.69) is 43.8 Å². The summed E-state index contributed by atoms with van der Waals surface area (Å²) in [5.41, 5.74) is 1.25. The Morgan fingerprint density at radius 1 is 1.00 bits per heavy atom. The van der Waals surface area contributed by atoms with Crippen LogP contribution < -0.4 is 4.90 Å². The molecular formula is C20H21N7. The molecule has 0 aliphatic carbocycles. The van der Waals surface area contributed by atoms with Crippen LogP contribution in [0.1, 0.15) is 17.2 Å². The van der Waals surface area contributed by atoms with Crippen molar-refractivity contribution in [3.63, 3.8) is 0 Å². The molecule has 0 atom stereocenters. The number of anilines is 1. The fraction of sp³-hybridized carbons (Fsp3) is 0.200. The molecule has 0 saturated carbocycles. The molecule has 0 saturated heterocycles. The van der Waals surface area contributed by atoms with Crippen LogP contribution >= 0.6 is 0 Å². The van der Waals surface area contributed by atoms with Crippen LogP contribution in [0.4, 0.5) is 5.82 Å². The van der Waals surface area contributed by atoms with Crippen LogP contribution in [0.5, 0.6) is 0 Å². The van der Waals surface area contributed by atoms with Crippen LogP contribution in [0.25, 0.3) is 5.82 Å². The van der Waals surface area contributed by atoms with Gasteiger partial charge in [-0.25, -0.2) is 15.0 Å². The van der Waals surface area contributed by atoms with E-state index in [-0.39, 0.29) is 0 Å². The summed E-state index contributed by atoms with van der Waals surface area (Å²) in [6, 6.07) is 10.4. The zero-order chi connectivity index (χ0) is 18.6. The molecule has 1 aromatic carbocycles. The minimum Gasteiger partial charge on any atom is -0.351 e. The van der Waals surface area contributed by atoms with Gasteiger partial charge in [0.2, 0.25) is 0 Å². The van der Waals surface area contributed by atoms with Gasteiger partial charge in [0.1, 0.15) is 17.5 Å². The Kier molecular flexibility index (Phi) is 4.65. The maximum absolute atomic E-state index is 4.72. The molecule has 4 aromatic rings. The van der Waals surface area contributed by atoms with Gasteiger partial charge in [0.25, 0.3) is 0 Å². The van der Waals surface area contributed by atoms with Gasteiger partial charge in [-0.2, -0.15) is 0 Å². The van der Waals surface area contributed by atoms with E-state index in [4.69, 9.17) is 4.98 Å². The van der Waals surface area contributed by atoms with E-state index in [1.807, 2.05) is 48.1 Å². The van der Waals surface area contributed by atoms with E-state index in [1.54, 1.807) is 18.6 Å². The van der Waals surface area contributed by atoms with E-state index in [0.29, 0.717) is 6.54 Å². The van der Waals surface area contributed by atoms with Crippen molar-refractivity contribution in [2.75, 3.05) is 11.9 Å². The second-order valence-corrected chi connectivity index (χ2v) is 6.39. The van der Waals surface area contributed by atoms with Crippen LogP contribution in [0, 0.1) is 6.92 Å². The molecule has 7 heteroatoms. The fourth-order valence-electron chi connectivity index (χ4n) is 2.97. The monoisotopic (exact) mass is 359 g/mol. The predicted octanol–water partition coefficient (Wildman–Crippen LogP) is 2.85. The van der Waals surface area contributed by atoms with Crippen LogP contribution in [0.2, 0.25) is 0 Å². The van der Waals surface area contributed by atoms with Crippen molar-refractivity contribution in [2.24, 2.45) is 0 Å². The number of nitrogens with zero attached hydrogens (tertiary/aromatic N) is 7. The summed E-state index contributed by atoms with van der Waals surface area (Å²) >= 11 is 0. The van der Waals surface area contributed by atoms with Crippen molar-refractivity contribution >= 4 is 5.82 Å². The number of hydrogen-bond acceptors (Lipinski definition) is 5. The summed E-state index contributed by atoms with van der Waals surface area (Å²) in [5.74, 6) is 3.40. The molecule has 136 valence electrons. The maximum atomic E-state index is 4.72. The molecular weight excluding hydrogens is 338 g/mol. The molecule has 0 spiro atoms. The summed E-state index contributed by atoms with van der Waals surface area (Å²) < 4.78 is 4.07. The molecule has 27 heavy (non-hydrogen) atoms. The second kappa shape index (κ2) is 7.41. The topological polar surface area (TPSA) is 64.7 Å². The van der Waals surface area contributed by atoms with Gasteiger partial charge in [-0.05, 0) is 12.5 Å². The summed E-state index contributed by atoms with van der Waals surface area (Å²) in [6.07, 6.45) is 11.0. The van der Waals surface area contributed by atoms with Crippen molar-refractivity contribution in [1.82, 2.24) is 29.1 Å². The summed E-state index contributed by atoms with van der Waals surface area (Å²) in [6.45, 7) is 3.38. The van der Waals surface area contributed by atoms with Crippen molar-refractivity contribution in [1.29, 1.82) is 0 Å². The quantitative estimate of drug-likeness (QED) is 0.530. The van der Waals surface area contributed by atoms with Gasteiger partial charge in [-0.15, -0.1) is 0 Å². The molecule has 3 aromatic heterocycles. The van der Waals surface area contributed by atoms with Crippen molar-refractivity contribution < 1.29 is 0 Å². The SMILES string of the molecule is Cc1nccn1-c1cncc(N(C)Cc2nccn2Cc2ccccc2)n1. The Morgan fingerprint density at radius 2 is 1.81 bits per heavy atom. The van der Waals surface area contributed by atoms with Crippen molar-refractivity contribution in [3.05, 3.63) is 84.7 Å². The Morgan fingerprint density at radius 3 is 2.59 bits per heavy atom. The van der Waals surface area contributed by atoms with Gasteiger partial charge in [0.05, 0.1) is 18.9 Å². The largest absolute Gasteiger partial charge is 0.351 e. The molecule has 0 aliphatic rings. The third-order valence-corrected chi connectivity index (χ3v) is 4.45. The highest BCUT2D eigenvalue weighted by Gasteiger charge is 2.11. The lowest BCUT2D eigenvalue weighted by Crippen LogP contribution is -2.21. The lowest BCUT2D eigenvalue weighted by molar-refractivity contribution is 0.702. The summed E-state index contributed by atoms with van der Waals surface area (Å²) in [4.78, 5) is 19.9. The van der Waals surface area contributed by atoms with Crippen LogP contribution in [-0.2, 0) is 13.1 Å². The minimum absolute atomic E-state index is 0.640. The van der Waals surface area contributed by atoms with Crippen LogP contribution in [0.15, 0.2) is 67.5 Å².